The van der Waals surface area contributed by atoms with Gasteiger partial charge in [0.1, 0.15) is 5.82 Å². The lowest BCUT2D eigenvalue weighted by atomic mass is 9.89. The normalized spacial score (nSPS) is 15.6. The summed E-state index contributed by atoms with van der Waals surface area (Å²) < 4.78 is 7.23. The van der Waals surface area contributed by atoms with Crippen molar-refractivity contribution in [3.05, 3.63) is 41.0 Å². The Balaban J connectivity index is 1.81. The predicted octanol–water partition coefficient (Wildman–Crippen LogP) is 5.00. The molecule has 0 radical (unpaired) electrons. The Morgan fingerprint density at radius 1 is 1.29 bits per heavy atom. The molecule has 1 N–H and O–H groups in total. The Morgan fingerprint density at radius 3 is 2.65 bits per heavy atom. The first-order chi connectivity index (χ1) is 14.9. The van der Waals surface area contributed by atoms with Crippen LogP contribution < -0.4 is 0 Å². The van der Waals surface area contributed by atoms with Crippen LogP contribution in [0.4, 0.5) is 0 Å². The molecule has 1 aliphatic rings. The number of allylic oxidation sites excluding steroid dienone is 1. The lowest BCUT2D eigenvalue weighted by molar-refractivity contribution is 0.0525. The number of carbonyl (C=O) groups is 2. The number of esters is 1. The van der Waals surface area contributed by atoms with Crippen LogP contribution in [0.2, 0.25) is 0 Å². The molecule has 1 saturated carbocycles. The smallest absolute Gasteiger partial charge is 0.340 e. The maximum Gasteiger partial charge on any atom is 0.340 e. The molecule has 2 aromatic rings. The number of hydrogen-bond acceptors (Lipinski definition) is 6. The Labute approximate surface area is 188 Å². The lowest BCUT2D eigenvalue weighted by Gasteiger charge is -2.21. The number of nitrogens with one attached hydrogen (secondary N) is 1. The minimum Gasteiger partial charge on any atom is -0.462 e. The molecule has 3 rings (SSSR count). The van der Waals surface area contributed by atoms with E-state index in [1.54, 1.807) is 20.8 Å². The van der Waals surface area contributed by atoms with Crippen LogP contribution in [-0.4, -0.2) is 43.4 Å². The fourth-order valence-corrected chi connectivity index (χ4v) is 5.20. The van der Waals surface area contributed by atoms with Crippen molar-refractivity contribution in [2.45, 2.75) is 82.7 Å². The van der Waals surface area contributed by atoms with Gasteiger partial charge >= 0.3 is 5.97 Å². The number of rotatable bonds is 9. The Kier molecular flexibility index (Phi) is 7.75. The highest BCUT2D eigenvalue weighted by Gasteiger charge is 2.29. The molecule has 1 unspecified atom stereocenters. The van der Waals surface area contributed by atoms with Crippen molar-refractivity contribution in [3.63, 3.8) is 0 Å². The average molecular weight is 445 g/mol. The topological polar surface area (TPSA) is 89.9 Å². The summed E-state index contributed by atoms with van der Waals surface area (Å²) in [6, 6.07) is 0. The Bertz CT molecular complexity index is 956. The fourth-order valence-electron chi connectivity index (χ4n) is 4.27. The van der Waals surface area contributed by atoms with Crippen molar-refractivity contribution < 1.29 is 14.3 Å². The largest absolute Gasteiger partial charge is 0.462 e. The van der Waals surface area contributed by atoms with E-state index in [1.807, 2.05) is 13.0 Å². The predicted molar refractivity (Wildman–Crippen MR) is 122 cm³/mol. The monoisotopic (exact) mass is 444 g/mol. The van der Waals surface area contributed by atoms with E-state index >= 15 is 0 Å². The van der Waals surface area contributed by atoms with Crippen molar-refractivity contribution in [3.8, 4) is 0 Å². The van der Waals surface area contributed by atoms with Crippen molar-refractivity contribution in [1.29, 1.82) is 0 Å². The molecule has 0 amide bonds. The van der Waals surface area contributed by atoms with Crippen molar-refractivity contribution in [2.24, 2.45) is 0 Å². The number of nitrogens with zero attached hydrogens (tertiary/aromatic N) is 3. The van der Waals surface area contributed by atoms with Crippen molar-refractivity contribution in [2.75, 3.05) is 6.61 Å². The maximum absolute atomic E-state index is 13.2. The van der Waals surface area contributed by atoms with Crippen LogP contribution in [0.15, 0.2) is 17.8 Å². The number of thioether (sulfide) groups is 1. The van der Waals surface area contributed by atoms with E-state index < -0.39 is 11.2 Å². The minimum atomic E-state index is -0.407. The Morgan fingerprint density at radius 2 is 2.00 bits per heavy atom. The number of H-pyrrole nitrogens is 1. The number of ketones is 1. The first-order valence-corrected chi connectivity index (χ1v) is 11.9. The number of Topliss-reactive ketones (excluding diaryl/α,β-unsaturated/α-hetero) is 1. The van der Waals surface area contributed by atoms with Crippen molar-refractivity contribution >= 4 is 23.5 Å². The molecular weight excluding hydrogens is 412 g/mol. The van der Waals surface area contributed by atoms with E-state index in [2.05, 4.69) is 26.3 Å². The number of aromatic nitrogens is 4. The molecule has 31 heavy (non-hydrogen) atoms. The summed E-state index contributed by atoms with van der Waals surface area (Å²) in [4.78, 5) is 28.6. The number of ether oxygens (including phenoxy) is 1. The van der Waals surface area contributed by atoms with Crippen LogP contribution >= 0.6 is 11.8 Å². The number of aromatic amines is 1. The third kappa shape index (κ3) is 4.95. The van der Waals surface area contributed by atoms with Crippen LogP contribution in [-0.2, 0) is 11.3 Å². The summed E-state index contributed by atoms with van der Waals surface area (Å²) in [5, 5.41) is 9.24. The molecule has 0 aromatic carbocycles. The molecular formula is C23H32N4O3S. The van der Waals surface area contributed by atoms with Gasteiger partial charge in [-0.15, -0.1) is 16.8 Å². The fraction of sp³-hybridized carbons (Fsp3) is 0.565. The molecule has 168 valence electrons. The summed E-state index contributed by atoms with van der Waals surface area (Å²) in [5.74, 6) is 0.935. The van der Waals surface area contributed by atoms with Gasteiger partial charge in [0.25, 0.3) is 0 Å². The summed E-state index contributed by atoms with van der Waals surface area (Å²) in [5.41, 5.74) is 2.16. The number of aryl methyl sites for hydroxylation is 1. The van der Waals surface area contributed by atoms with Gasteiger partial charge in [-0.05, 0) is 46.1 Å². The van der Waals surface area contributed by atoms with Gasteiger partial charge in [0, 0.05) is 18.2 Å². The van der Waals surface area contributed by atoms with E-state index in [9.17, 15) is 9.59 Å². The first-order valence-electron chi connectivity index (χ1n) is 11.0. The third-order valence-corrected chi connectivity index (χ3v) is 6.92. The average Bonchev–Trinajstić information content (AvgIpc) is 3.28. The number of hydrogen-bond donors (Lipinski definition) is 1. The van der Waals surface area contributed by atoms with Gasteiger partial charge in [-0.2, -0.15) is 0 Å². The van der Waals surface area contributed by atoms with Crippen LogP contribution in [0, 0.1) is 13.8 Å². The van der Waals surface area contributed by atoms with Gasteiger partial charge in [-0.1, -0.05) is 37.1 Å². The summed E-state index contributed by atoms with van der Waals surface area (Å²) in [7, 11) is 0. The summed E-state index contributed by atoms with van der Waals surface area (Å²) >= 11 is 1.40. The molecule has 0 saturated heterocycles. The summed E-state index contributed by atoms with van der Waals surface area (Å²) in [6.45, 7) is 12.0. The molecule has 0 aliphatic heterocycles. The van der Waals surface area contributed by atoms with Crippen molar-refractivity contribution in [1.82, 2.24) is 19.7 Å². The highest BCUT2D eigenvalue weighted by molar-refractivity contribution is 8.00. The molecule has 1 aliphatic carbocycles. The second kappa shape index (κ2) is 10.3. The quantitative estimate of drug-likeness (QED) is 0.253. The van der Waals surface area contributed by atoms with E-state index in [4.69, 9.17) is 4.74 Å². The second-order valence-corrected chi connectivity index (χ2v) is 9.35. The van der Waals surface area contributed by atoms with Gasteiger partial charge in [-0.3, -0.25) is 4.79 Å². The molecule has 1 atom stereocenters. The molecule has 0 bridgehead atoms. The SMILES string of the molecule is C=CCn1c(SC(C)C(=O)c2[nH]c(C)c(C(=O)OCC)c2C)nnc1C1CCCCC1. The third-order valence-electron chi connectivity index (χ3n) is 5.84. The van der Waals surface area contributed by atoms with E-state index in [0.717, 1.165) is 23.8 Å². The molecule has 2 aromatic heterocycles. The maximum atomic E-state index is 13.2. The first kappa shape index (κ1) is 23.3. The molecule has 2 heterocycles. The minimum absolute atomic E-state index is 0.0754. The van der Waals surface area contributed by atoms with Crippen LogP contribution in [0.5, 0.6) is 0 Å². The molecule has 8 heteroatoms. The zero-order valence-corrected chi connectivity index (χ0v) is 19.7. The second-order valence-electron chi connectivity index (χ2n) is 8.04. The van der Waals surface area contributed by atoms with Gasteiger partial charge in [0.2, 0.25) is 0 Å². The van der Waals surface area contributed by atoms with Crippen LogP contribution in [0.25, 0.3) is 0 Å². The van der Waals surface area contributed by atoms with E-state index in [0.29, 0.717) is 41.6 Å². The van der Waals surface area contributed by atoms with E-state index in [-0.39, 0.29) is 5.78 Å². The highest BCUT2D eigenvalue weighted by Crippen LogP contribution is 2.34. The zero-order chi connectivity index (χ0) is 22.5. The van der Waals surface area contributed by atoms with Gasteiger partial charge < -0.3 is 14.3 Å². The lowest BCUT2D eigenvalue weighted by Crippen LogP contribution is -2.17. The van der Waals surface area contributed by atoms with Crippen LogP contribution in [0.3, 0.4) is 0 Å². The van der Waals surface area contributed by atoms with Gasteiger partial charge in [0.15, 0.2) is 10.9 Å². The summed E-state index contributed by atoms with van der Waals surface area (Å²) in [6.07, 6.45) is 7.82. The zero-order valence-electron chi connectivity index (χ0n) is 18.9. The standard InChI is InChI=1S/C23H32N4O3S/c1-6-13-27-21(17-11-9-8-10-12-17)25-26-23(27)31-16(5)20(28)19-14(3)18(15(4)24-19)22(29)30-7-2/h6,16-17,24H,1,7-13H2,2-5H3. The number of carbonyl (C=O) groups excluding carboxylic acids is 2. The van der Waals surface area contributed by atoms with Crippen LogP contribution in [0.1, 0.15) is 89.8 Å². The van der Waals surface area contributed by atoms with Gasteiger partial charge in [0.05, 0.1) is 23.1 Å². The molecule has 1 fully saturated rings. The highest BCUT2D eigenvalue weighted by atomic mass is 32.2. The van der Waals surface area contributed by atoms with Gasteiger partial charge in [-0.25, -0.2) is 4.79 Å². The molecule has 7 nitrogen and oxygen atoms in total. The molecule has 0 spiro atoms. The van der Waals surface area contributed by atoms with E-state index in [1.165, 1.54) is 31.0 Å². The Hall–Kier alpha value is -2.35.